The molecule has 0 saturated carbocycles. The van der Waals surface area contributed by atoms with Gasteiger partial charge in [-0.1, -0.05) is 0 Å². The maximum atomic E-state index is 13.3. The van der Waals surface area contributed by atoms with Crippen LogP contribution < -0.4 is 0 Å². The van der Waals surface area contributed by atoms with Crippen LogP contribution in [0.1, 0.15) is 12.5 Å². The summed E-state index contributed by atoms with van der Waals surface area (Å²) in [5.41, 5.74) is 0.279. The Hall–Kier alpha value is -2.04. The van der Waals surface area contributed by atoms with Crippen molar-refractivity contribution in [2.24, 2.45) is 0 Å². The number of carbonyl (C=O) groups excluding carboxylic acids is 2. The summed E-state index contributed by atoms with van der Waals surface area (Å²) in [6.07, 6.45) is 1.18. The predicted molar refractivity (Wildman–Crippen MR) is 55.7 cm³/mol. The zero-order valence-electron chi connectivity index (χ0n) is 9.04. The monoisotopic (exact) mass is 237 g/mol. The zero-order valence-corrected chi connectivity index (χ0v) is 9.04. The van der Waals surface area contributed by atoms with Gasteiger partial charge in [0.2, 0.25) is 0 Å². The Labute approximate surface area is 96.3 Å². The lowest BCUT2D eigenvalue weighted by Crippen LogP contribution is -2.30. The van der Waals surface area contributed by atoms with Crippen molar-refractivity contribution in [2.45, 2.75) is 13.5 Å². The van der Waals surface area contributed by atoms with Crippen LogP contribution in [0.4, 0.5) is 8.78 Å². The molecule has 1 aliphatic rings. The molecule has 1 aliphatic heterocycles. The highest BCUT2D eigenvalue weighted by Gasteiger charge is 2.28. The molecule has 2 rings (SSSR count). The van der Waals surface area contributed by atoms with Crippen LogP contribution in [0, 0.1) is 11.6 Å². The number of rotatable bonds is 2. The van der Waals surface area contributed by atoms with Crippen molar-refractivity contribution in [3.8, 4) is 0 Å². The van der Waals surface area contributed by atoms with Crippen LogP contribution >= 0.6 is 0 Å². The number of imide groups is 1. The SMILES string of the molecule is CC1=CC(=O)N(Cc2cc(F)ccc2F)C1=O. The largest absolute Gasteiger partial charge is 0.271 e. The molecule has 0 unspecified atom stereocenters. The van der Waals surface area contributed by atoms with Gasteiger partial charge in [0.1, 0.15) is 11.6 Å². The van der Waals surface area contributed by atoms with Gasteiger partial charge in [0.25, 0.3) is 11.8 Å². The van der Waals surface area contributed by atoms with Gasteiger partial charge in [0, 0.05) is 17.2 Å². The molecule has 1 aromatic carbocycles. The minimum absolute atomic E-state index is 0.0187. The highest BCUT2D eigenvalue weighted by Crippen LogP contribution is 2.18. The second-order valence-electron chi connectivity index (χ2n) is 3.79. The van der Waals surface area contributed by atoms with Crippen LogP contribution in [0.15, 0.2) is 29.8 Å². The maximum absolute atomic E-state index is 13.3. The topological polar surface area (TPSA) is 37.4 Å². The van der Waals surface area contributed by atoms with Crippen LogP contribution in [0.5, 0.6) is 0 Å². The first-order chi connectivity index (χ1) is 7.99. The third-order valence-corrected chi connectivity index (χ3v) is 2.52. The van der Waals surface area contributed by atoms with Crippen molar-refractivity contribution in [2.75, 3.05) is 0 Å². The average Bonchev–Trinajstić information content (AvgIpc) is 2.50. The van der Waals surface area contributed by atoms with Crippen LogP contribution in [-0.2, 0) is 16.1 Å². The Morgan fingerprint density at radius 3 is 2.53 bits per heavy atom. The quantitative estimate of drug-likeness (QED) is 0.735. The van der Waals surface area contributed by atoms with E-state index in [2.05, 4.69) is 0 Å². The zero-order chi connectivity index (χ0) is 12.6. The Balaban J connectivity index is 2.25. The number of amides is 2. The molecule has 0 atom stereocenters. The molecule has 5 heteroatoms. The summed E-state index contributed by atoms with van der Waals surface area (Å²) in [7, 11) is 0. The first kappa shape index (κ1) is 11.4. The number of hydrogen-bond donors (Lipinski definition) is 0. The molecule has 0 spiro atoms. The van der Waals surface area contributed by atoms with E-state index in [1.165, 1.54) is 13.0 Å². The summed E-state index contributed by atoms with van der Waals surface area (Å²) in [4.78, 5) is 23.8. The Morgan fingerprint density at radius 1 is 1.24 bits per heavy atom. The summed E-state index contributed by atoms with van der Waals surface area (Å²) >= 11 is 0. The van der Waals surface area contributed by atoms with Crippen LogP contribution in [-0.4, -0.2) is 16.7 Å². The van der Waals surface area contributed by atoms with E-state index in [1.807, 2.05) is 0 Å². The number of benzene rings is 1. The summed E-state index contributed by atoms with van der Waals surface area (Å²) in [6.45, 7) is 1.25. The molecule has 1 heterocycles. The smallest absolute Gasteiger partial charge is 0.256 e. The lowest BCUT2D eigenvalue weighted by Gasteiger charge is -2.14. The second kappa shape index (κ2) is 4.08. The van der Waals surface area contributed by atoms with E-state index >= 15 is 0 Å². The summed E-state index contributed by atoms with van der Waals surface area (Å²) in [5, 5.41) is 0. The van der Waals surface area contributed by atoms with E-state index in [0.29, 0.717) is 5.57 Å². The maximum Gasteiger partial charge on any atom is 0.256 e. The summed E-state index contributed by atoms with van der Waals surface area (Å²) in [5.74, 6) is -2.23. The lowest BCUT2D eigenvalue weighted by molar-refractivity contribution is -0.137. The van der Waals surface area contributed by atoms with Gasteiger partial charge in [-0.05, 0) is 25.1 Å². The molecule has 88 valence electrons. The molecule has 0 radical (unpaired) electrons. The first-order valence-electron chi connectivity index (χ1n) is 4.97. The van der Waals surface area contributed by atoms with Crippen molar-refractivity contribution in [1.29, 1.82) is 0 Å². The molecular weight excluding hydrogens is 228 g/mol. The fourth-order valence-corrected chi connectivity index (χ4v) is 1.62. The number of halogens is 2. The third-order valence-electron chi connectivity index (χ3n) is 2.52. The van der Waals surface area contributed by atoms with Gasteiger partial charge in [-0.25, -0.2) is 8.78 Å². The second-order valence-corrected chi connectivity index (χ2v) is 3.79. The Bertz CT molecular complexity index is 537. The fourth-order valence-electron chi connectivity index (χ4n) is 1.62. The molecule has 3 nitrogen and oxygen atoms in total. The van der Waals surface area contributed by atoms with Crippen molar-refractivity contribution in [1.82, 2.24) is 4.90 Å². The number of hydrogen-bond acceptors (Lipinski definition) is 2. The van der Waals surface area contributed by atoms with E-state index in [0.717, 1.165) is 23.1 Å². The lowest BCUT2D eigenvalue weighted by atomic mass is 10.2. The minimum atomic E-state index is -0.642. The normalized spacial score (nSPS) is 15.5. The molecule has 0 saturated heterocycles. The van der Waals surface area contributed by atoms with Gasteiger partial charge in [-0.2, -0.15) is 0 Å². The molecule has 2 amide bonds. The van der Waals surface area contributed by atoms with E-state index in [-0.39, 0.29) is 12.1 Å². The van der Waals surface area contributed by atoms with E-state index in [9.17, 15) is 18.4 Å². The minimum Gasteiger partial charge on any atom is -0.271 e. The summed E-state index contributed by atoms with van der Waals surface area (Å²) in [6, 6.07) is 2.93. The molecule has 1 aromatic rings. The van der Waals surface area contributed by atoms with Gasteiger partial charge < -0.3 is 0 Å². The summed E-state index contributed by atoms with van der Waals surface area (Å²) < 4.78 is 26.3. The highest BCUT2D eigenvalue weighted by molar-refractivity contribution is 6.15. The van der Waals surface area contributed by atoms with Gasteiger partial charge >= 0.3 is 0 Å². The molecule has 17 heavy (non-hydrogen) atoms. The van der Waals surface area contributed by atoms with Crippen LogP contribution in [0.25, 0.3) is 0 Å². The Kier molecular flexibility index (Phi) is 2.75. The van der Waals surface area contributed by atoms with E-state index in [4.69, 9.17) is 0 Å². The highest BCUT2D eigenvalue weighted by atomic mass is 19.1. The van der Waals surface area contributed by atoms with Gasteiger partial charge in [-0.3, -0.25) is 14.5 Å². The standard InChI is InChI=1S/C12H9F2NO2/c1-7-4-11(16)15(12(7)17)6-8-5-9(13)2-3-10(8)14/h2-5H,6H2,1H3. The van der Waals surface area contributed by atoms with Gasteiger partial charge in [-0.15, -0.1) is 0 Å². The van der Waals surface area contributed by atoms with Crippen molar-refractivity contribution < 1.29 is 18.4 Å². The van der Waals surface area contributed by atoms with Crippen molar-refractivity contribution >= 4 is 11.8 Å². The molecule has 0 bridgehead atoms. The molecular formula is C12H9F2NO2. The molecule has 0 aromatic heterocycles. The van der Waals surface area contributed by atoms with Gasteiger partial charge in [0.05, 0.1) is 6.54 Å². The van der Waals surface area contributed by atoms with Crippen LogP contribution in [0.2, 0.25) is 0 Å². The predicted octanol–water partition coefficient (Wildman–Crippen LogP) is 1.78. The van der Waals surface area contributed by atoms with E-state index in [1.54, 1.807) is 0 Å². The van der Waals surface area contributed by atoms with Gasteiger partial charge in [0.15, 0.2) is 0 Å². The first-order valence-corrected chi connectivity index (χ1v) is 4.97. The third kappa shape index (κ3) is 2.08. The number of nitrogens with zero attached hydrogens (tertiary/aromatic N) is 1. The number of carbonyl (C=O) groups is 2. The Morgan fingerprint density at radius 2 is 1.94 bits per heavy atom. The van der Waals surface area contributed by atoms with Crippen molar-refractivity contribution in [3.63, 3.8) is 0 Å². The molecule has 0 N–H and O–H groups in total. The van der Waals surface area contributed by atoms with E-state index < -0.39 is 23.4 Å². The fraction of sp³-hybridized carbons (Fsp3) is 0.167. The molecule has 0 aliphatic carbocycles. The van der Waals surface area contributed by atoms with Crippen LogP contribution in [0.3, 0.4) is 0 Å². The van der Waals surface area contributed by atoms with Crippen molar-refractivity contribution in [3.05, 3.63) is 47.0 Å². The molecule has 0 fully saturated rings. The average molecular weight is 237 g/mol.